The molecular weight excluding hydrogens is 308 g/mol. The Balaban J connectivity index is 2.29. The monoisotopic (exact) mass is 322 g/mol. The Kier molecular flexibility index (Phi) is 5.30. The van der Waals surface area contributed by atoms with E-state index in [-0.39, 0.29) is 18.6 Å². The number of aromatic nitrogens is 1. The normalized spacial score (nSPS) is 12.1. The molecule has 0 bridgehead atoms. The summed E-state index contributed by atoms with van der Waals surface area (Å²) >= 11 is 6.08. The van der Waals surface area contributed by atoms with Crippen LogP contribution in [0.1, 0.15) is 16.8 Å². The van der Waals surface area contributed by atoms with Gasteiger partial charge in [-0.25, -0.2) is 4.79 Å². The number of nitrogens with zero attached hydrogens (tertiary/aromatic N) is 1. The lowest BCUT2D eigenvalue weighted by Gasteiger charge is -2.15. The summed E-state index contributed by atoms with van der Waals surface area (Å²) in [5.41, 5.74) is 0.715. The zero-order chi connectivity index (χ0) is 16.1. The Bertz CT molecular complexity index is 705. The minimum atomic E-state index is -1.11. The molecule has 2 rings (SSSR count). The molecule has 1 aromatic heterocycles. The van der Waals surface area contributed by atoms with Gasteiger partial charge >= 0.3 is 5.97 Å². The average Bonchev–Trinajstić information content (AvgIpc) is 2.51. The highest BCUT2D eigenvalue weighted by Gasteiger charge is 2.22. The molecule has 1 aromatic carbocycles. The van der Waals surface area contributed by atoms with Crippen LogP contribution in [-0.2, 0) is 9.53 Å². The molecule has 0 aliphatic rings. The Morgan fingerprint density at radius 3 is 2.86 bits per heavy atom. The van der Waals surface area contributed by atoms with E-state index in [2.05, 4.69) is 10.3 Å². The second-order valence-electron chi connectivity index (χ2n) is 4.64. The van der Waals surface area contributed by atoms with Crippen LogP contribution in [0.15, 0.2) is 30.5 Å². The van der Waals surface area contributed by atoms with E-state index in [0.717, 1.165) is 0 Å². The number of rotatable bonds is 6. The number of amides is 1. The Hall–Kier alpha value is -2.18. The predicted molar refractivity (Wildman–Crippen MR) is 82.1 cm³/mol. The van der Waals surface area contributed by atoms with Gasteiger partial charge in [-0.1, -0.05) is 11.6 Å². The SMILES string of the molecule is COCCC(NC(=O)c1ccc(Cl)c2cccnc12)C(=O)O. The number of carbonyl (C=O) groups excluding carboxylic acids is 1. The third-order valence-corrected chi connectivity index (χ3v) is 3.50. The van der Waals surface area contributed by atoms with Crippen molar-refractivity contribution < 1.29 is 19.4 Å². The fourth-order valence-corrected chi connectivity index (χ4v) is 2.27. The van der Waals surface area contributed by atoms with Crippen LogP contribution >= 0.6 is 11.6 Å². The van der Waals surface area contributed by atoms with Crippen LogP contribution in [0.5, 0.6) is 0 Å². The van der Waals surface area contributed by atoms with Crippen molar-refractivity contribution in [2.45, 2.75) is 12.5 Å². The first-order valence-electron chi connectivity index (χ1n) is 6.60. The lowest BCUT2D eigenvalue weighted by molar-refractivity contribution is -0.139. The van der Waals surface area contributed by atoms with Crippen molar-refractivity contribution in [1.82, 2.24) is 10.3 Å². The number of hydrogen-bond acceptors (Lipinski definition) is 4. The molecule has 1 heterocycles. The molecule has 6 nitrogen and oxygen atoms in total. The van der Waals surface area contributed by atoms with Gasteiger partial charge in [-0.2, -0.15) is 0 Å². The van der Waals surface area contributed by atoms with Gasteiger partial charge in [0.15, 0.2) is 0 Å². The number of aliphatic carboxylic acids is 1. The first kappa shape index (κ1) is 16.2. The summed E-state index contributed by atoms with van der Waals surface area (Å²) in [7, 11) is 1.47. The molecule has 1 atom stereocenters. The van der Waals surface area contributed by atoms with Crippen LogP contribution in [0, 0.1) is 0 Å². The number of hydrogen-bond donors (Lipinski definition) is 2. The van der Waals surface area contributed by atoms with Gasteiger partial charge in [0.05, 0.1) is 16.1 Å². The predicted octanol–water partition coefficient (Wildman–Crippen LogP) is 2.11. The van der Waals surface area contributed by atoms with E-state index in [9.17, 15) is 9.59 Å². The maximum atomic E-state index is 12.3. The number of fused-ring (bicyclic) bond motifs is 1. The number of benzene rings is 1. The molecule has 22 heavy (non-hydrogen) atoms. The largest absolute Gasteiger partial charge is 0.480 e. The number of ether oxygens (including phenoxy) is 1. The van der Waals surface area contributed by atoms with E-state index < -0.39 is 17.9 Å². The van der Waals surface area contributed by atoms with Crippen molar-refractivity contribution in [3.63, 3.8) is 0 Å². The Morgan fingerprint density at radius 2 is 2.18 bits per heavy atom. The van der Waals surface area contributed by atoms with Gasteiger partial charge < -0.3 is 15.2 Å². The second kappa shape index (κ2) is 7.20. The number of methoxy groups -OCH3 is 1. The minimum Gasteiger partial charge on any atom is -0.480 e. The second-order valence-corrected chi connectivity index (χ2v) is 5.05. The molecule has 1 unspecified atom stereocenters. The number of halogens is 1. The number of pyridine rings is 1. The van der Waals surface area contributed by atoms with Crippen LogP contribution in [0.2, 0.25) is 5.02 Å². The molecule has 0 aliphatic carbocycles. The molecule has 2 aromatic rings. The van der Waals surface area contributed by atoms with Crippen molar-refractivity contribution in [3.05, 3.63) is 41.0 Å². The average molecular weight is 323 g/mol. The van der Waals surface area contributed by atoms with Crippen molar-refractivity contribution in [1.29, 1.82) is 0 Å². The number of carboxylic acid groups (broad SMARTS) is 1. The van der Waals surface area contributed by atoms with Gasteiger partial charge in [0.1, 0.15) is 6.04 Å². The molecule has 2 N–H and O–H groups in total. The standard InChI is InChI=1S/C15H15ClN2O4/c1-22-8-6-12(15(20)21)18-14(19)10-4-5-11(16)9-3-2-7-17-13(9)10/h2-5,7,12H,6,8H2,1H3,(H,18,19)(H,20,21). The van der Waals surface area contributed by atoms with Crippen LogP contribution in [0.3, 0.4) is 0 Å². The summed E-state index contributed by atoms with van der Waals surface area (Å²) in [6, 6.07) is 5.56. The lowest BCUT2D eigenvalue weighted by atomic mass is 10.1. The topological polar surface area (TPSA) is 88.5 Å². The van der Waals surface area contributed by atoms with Crippen LogP contribution in [0.25, 0.3) is 10.9 Å². The van der Waals surface area contributed by atoms with Gasteiger partial charge in [0.2, 0.25) is 0 Å². The highest BCUT2D eigenvalue weighted by molar-refractivity contribution is 6.36. The van der Waals surface area contributed by atoms with Gasteiger partial charge in [-0.3, -0.25) is 9.78 Å². The van der Waals surface area contributed by atoms with Gasteiger partial charge in [0.25, 0.3) is 5.91 Å². The highest BCUT2D eigenvalue weighted by atomic mass is 35.5. The van der Waals surface area contributed by atoms with Crippen molar-refractivity contribution >= 4 is 34.4 Å². The van der Waals surface area contributed by atoms with E-state index in [1.807, 2.05) is 0 Å². The molecule has 1 amide bonds. The fourth-order valence-electron chi connectivity index (χ4n) is 2.05. The van der Waals surface area contributed by atoms with E-state index in [1.54, 1.807) is 24.4 Å². The molecule has 0 fully saturated rings. The molecule has 7 heteroatoms. The van der Waals surface area contributed by atoms with Gasteiger partial charge in [-0.05, 0) is 24.3 Å². The van der Waals surface area contributed by atoms with E-state index in [4.69, 9.17) is 21.4 Å². The minimum absolute atomic E-state index is 0.177. The molecule has 0 spiro atoms. The smallest absolute Gasteiger partial charge is 0.326 e. The maximum Gasteiger partial charge on any atom is 0.326 e. The van der Waals surface area contributed by atoms with E-state index in [1.165, 1.54) is 13.2 Å². The summed E-state index contributed by atoms with van der Waals surface area (Å²) in [5, 5.41) is 12.7. The molecular formula is C15H15ClN2O4. The molecule has 0 aliphatic heterocycles. The maximum absolute atomic E-state index is 12.3. The fraction of sp³-hybridized carbons (Fsp3) is 0.267. The highest BCUT2D eigenvalue weighted by Crippen LogP contribution is 2.24. The van der Waals surface area contributed by atoms with Crippen molar-refractivity contribution in [3.8, 4) is 0 Å². The lowest BCUT2D eigenvalue weighted by Crippen LogP contribution is -2.41. The summed E-state index contributed by atoms with van der Waals surface area (Å²) in [4.78, 5) is 27.7. The number of carbonyl (C=O) groups is 2. The van der Waals surface area contributed by atoms with Crippen LogP contribution in [-0.4, -0.2) is 41.7 Å². The summed E-state index contributed by atoms with van der Waals surface area (Å²) in [5.74, 6) is -1.62. The summed E-state index contributed by atoms with van der Waals surface area (Å²) in [6.45, 7) is 0.233. The first-order chi connectivity index (χ1) is 10.5. The Labute approximate surface area is 132 Å². The zero-order valence-corrected chi connectivity index (χ0v) is 12.6. The molecule has 0 saturated heterocycles. The molecule has 0 saturated carbocycles. The Morgan fingerprint density at radius 1 is 1.41 bits per heavy atom. The van der Waals surface area contributed by atoms with Gasteiger partial charge in [-0.15, -0.1) is 0 Å². The first-order valence-corrected chi connectivity index (χ1v) is 6.98. The van der Waals surface area contributed by atoms with Crippen LogP contribution < -0.4 is 5.32 Å². The molecule has 0 radical (unpaired) electrons. The summed E-state index contributed by atoms with van der Waals surface area (Å²) in [6.07, 6.45) is 1.73. The van der Waals surface area contributed by atoms with Crippen LogP contribution in [0.4, 0.5) is 0 Å². The van der Waals surface area contributed by atoms with Gasteiger partial charge in [0, 0.05) is 31.7 Å². The third-order valence-electron chi connectivity index (χ3n) is 3.18. The summed E-state index contributed by atoms with van der Waals surface area (Å²) < 4.78 is 4.85. The number of nitrogens with one attached hydrogen (secondary N) is 1. The number of carboxylic acids is 1. The van der Waals surface area contributed by atoms with Crippen molar-refractivity contribution in [2.75, 3.05) is 13.7 Å². The van der Waals surface area contributed by atoms with E-state index >= 15 is 0 Å². The van der Waals surface area contributed by atoms with E-state index in [0.29, 0.717) is 15.9 Å². The quantitative estimate of drug-likeness (QED) is 0.850. The molecule has 116 valence electrons. The zero-order valence-electron chi connectivity index (χ0n) is 11.9. The van der Waals surface area contributed by atoms with Crippen molar-refractivity contribution in [2.24, 2.45) is 0 Å². The third kappa shape index (κ3) is 3.52.